The van der Waals surface area contributed by atoms with Gasteiger partial charge in [0.2, 0.25) is 6.79 Å². The fourth-order valence-corrected chi connectivity index (χ4v) is 5.66. The van der Waals surface area contributed by atoms with Crippen LogP contribution >= 0.6 is 0 Å². The first-order valence-electron chi connectivity index (χ1n) is 14.9. The van der Waals surface area contributed by atoms with Gasteiger partial charge in [0.05, 0.1) is 24.8 Å². The number of aliphatic hydroxyl groups excluding tert-OH is 1. The third kappa shape index (κ3) is 7.24. The Labute approximate surface area is 251 Å². The number of ether oxygens (including phenoxy) is 3. The van der Waals surface area contributed by atoms with E-state index in [9.17, 15) is 19.5 Å². The van der Waals surface area contributed by atoms with E-state index in [0.717, 1.165) is 25.7 Å². The third-order valence-corrected chi connectivity index (χ3v) is 8.29. The first-order valence-corrected chi connectivity index (χ1v) is 14.9. The maximum absolute atomic E-state index is 13.7. The van der Waals surface area contributed by atoms with E-state index in [1.54, 1.807) is 55.3 Å². The van der Waals surface area contributed by atoms with Gasteiger partial charge >= 0.3 is 12.1 Å². The van der Waals surface area contributed by atoms with Gasteiger partial charge in [0.15, 0.2) is 11.5 Å². The topological polar surface area (TPSA) is 142 Å². The molecule has 0 bridgehead atoms. The number of carbonyl (C=O) groups is 3. The van der Waals surface area contributed by atoms with Crippen molar-refractivity contribution in [2.45, 2.75) is 64.1 Å². The average molecular weight is 596 g/mol. The van der Waals surface area contributed by atoms with Crippen LogP contribution in [0.1, 0.15) is 56.3 Å². The molecule has 12 heteroatoms. The van der Waals surface area contributed by atoms with Crippen molar-refractivity contribution in [3.05, 3.63) is 42.0 Å². The molecule has 5 rings (SSSR count). The summed E-state index contributed by atoms with van der Waals surface area (Å²) in [5, 5.41) is 18.7. The highest BCUT2D eigenvalue weighted by molar-refractivity contribution is 5.99. The first kappa shape index (κ1) is 30.3. The van der Waals surface area contributed by atoms with E-state index in [1.165, 1.54) is 11.3 Å². The highest BCUT2D eigenvalue weighted by atomic mass is 16.7. The van der Waals surface area contributed by atoms with E-state index in [-0.39, 0.29) is 55.4 Å². The van der Waals surface area contributed by atoms with Crippen LogP contribution in [0.25, 0.3) is 0 Å². The van der Waals surface area contributed by atoms with Crippen LogP contribution in [-0.2, 0) is 0 Å². The van der Waals surface area contributed by atoms with Crippen molar-refractivity contribution in [1.29, 1.82) is 0 Å². The lowest BCUT2D eigenvalue weighted by atomic mass is 9.96. The third-order valence-electron chi connectivity index (χ3n) is 8.29. The summed E-state index contributed by atoms with van der Waals surface area (Å²) < 4.78 is 17.1. The van der Waals surface area contributed by atoms with E-state index in [1.807, 2.05) is 6.92 Å². The van der Waals surface area contributed by atoms with Crippen LogP contribution < -0.4 is 30.2 Å². The summed E-state index contributed by atoms with van der Waals surface area (Å²) in [4.78, 5) is 42.7. The number of anilines is 2. The van der Waals surface area contributed by atoms with Crippen LogP contribution in [-0.4, -0.2) is 84.6 Å². The molecule has 2 aromatic rings. The number of hydrogen-bond donors (Lipinski definition) is 4. The molecule has 0 radical (unpaired) electrons. The van der Waals surface area contributed by atoms with Crippen molar-refractivity contribution < 1.29 is 33.7 Å². The second kappa shape index (κ2) is 13.4. The average Bonchev–Trinajstić information content (AvgIpc) is 3.47. The lowest BCUT2D eigenvalue weighted by molar-refractivity contribution is 0.0371. The molecular weight excluding hydrogens is 554 g/mol. The fourth-order valence-electron chi connectivity index (χ4n) is 5.66. The zero-order valence-electron chi connectivity index (χ0n) is 24.9. The number of carbonyl (C=O) groups excluding carboxylic acids is 3. The molecular formula is C31H41N5O7. The van der Waals surface area contributed by atoms with Gasteiger partial charge in [-0.05, 0) is 50.1 Å². The van der Waals surface area contributed by atoms with Gasteiger partial charge < -0.3 is 45.1 Å². The molecule has 3 atom stereocenters. The second-order valence-electron chi connectivity index (χ2n) is 11.6. The Morgan fingerprint density at radius 1 is 1.02 bits per heavy atom. The highest BCUT2D eigenvalue weighted by Crippen LogP contribution is 2.34. The zero-order valence-corrected chi connectivity index (χ0v) is 24.9. The lowest BCUT2D eigenvalue weighted by Crippen LogP contribution is -2.50. The van der Waals surface area contributed by atoms with E-state index < -0.39 is 12.1 Å². The predicted octanol–water partition coefficient (Wildman–Crippen LogP) is 4.25. The summed E-state index contributed by atoms with van der Waals surface area (Å²) in [6, 6.07) is 9.22. The molecule has 2 aromatic carbocycles. The highest BCUT2D eigenvalue weighted by Gasteiger charge is 2.34. The number of amides is 5. The number of benzene rings is 2. The summed E-state index contributed by atoms with van der Waals surface area (Å²) in [7, 11) is 1.68. The van der Waals surface area contributed by atoms with Crippen LogP contribution in [0.2, 0.25) is 0 Å². The monoisotopic (exact) mass is 595 g/mol. The summed E-state index contributed by atoms with van der Waals surface area (Å²) in [5.41, 5.74) is 1.31. The van der Waals surface area contributed by atoms with Gasteiger partial charge in [0, 0.05) is 43.0 Å². The largest absolute Gasteiger partial charge is 0.487 e. The Balaban J connectivity index is 1.31. The van der Waals surface area contributed by atoms with E-state index in [4.69, 9.17) is 14.2 Å². The molecule has 1 fully saturated rings. The van der Waals surface area contributed by atoms with Gasteiger partial charge in [-0.2, -0.15) is 0 Å². The van der Waals surface area contributed by atoms with Gasteiger partial charge in [0.25, 0.3) is 5.91 Å². The molecule has 3 aliphatic rings. The van der Waals surface area contributed by atoms with Crippen molar-refractivity contribution in [1.82, 2.24) is 15.1 Å². The predicted molar refractivity (Wildman–Crippen MR) is 161 cm³/mol. The Morgan fingerprint density at radius 2 is 1.72 bits per heavy atom. The van der Waals surface area contributed by atoms with Crippen molar-refractivity contribution in [3.63, 3.8) is 0 Å². The summed E-state index contributed by atoms with van der Waals surface area (Å²) >= 11 is 0. The molecule has 0 saturated heterocycles. The standard InChI is InChI=1S/C31H41N5O7/c1-19-15-36(20(2)17-37)29(38)24-13-22(33-30(39)32-21-7-5-4-6-8-21)9-11-25(24)43-28(19)16-35(3)31(40)34-23-10-12-26-27(14-23)42-18-41-26/h9-14,19-21,28,37H,4-8,15-18H2,1-3H3,(H,34,40)(H2,32,33,39)/t19-,20-,28+/m1/s1. The zero-order chi connectivity index (χ0) is 30.5. The molecule has 232 valence electrons. The first-order chi connectivity index (χ1) is 20.7. The molecule has 5 amide bonds. The normalized spacial score (nSPS) is 20.7. The summed E-state index contributed by atoms with van der Waals surface area (Å²) in [5.74, 6) is 1.07. The quantitative estimate of drug-likeness (QED) is 0.375. The van der Waals surface area contributed by atoms with Crippen molar-refractivity contribution in [3.8, 4) is 17.2 Å². The number of urea groups is 2. The Kier molecular flexibility index (Phi) is 9.44. The maximum Gasteiger partial charge on any atom is 0.321 e. The van der Waals surface area contributed by atoms with E-state index >= 15 is 0 Å². The fraction of sp³-hybridized carbons (Fsp3) is 0.516. The smallest absolute Gasteiger partial charge is 0.321 e. The molecule has 0 spiro atoms. The van der Waals surface area contributed by atoms with Gasteiger partial charge in [0.1, 0.15) is 11.9 Å². The molecule has 1 aliphatic carbocycles. The van der Waals surface area contributed by atoms with Crippen molar-refractivity contribution in [2.75, 3.05) is 44.2 Å². The van der Waals surface area contributed by atoms with Crippen LogP contribution in [0.4, 0.5) is 21.0 Å². The number of aliphatic hydroxyl groups is 1. The molecule has 43 heavy (non-hydrogen) atoms. The molecule has 2 aliphatic heterocycles. The molecule has 2 heterocycles. The van der Waals surface area contributed by atoms with Gasteiger partial charge in [-0.15, -0.1) is 0 Å². The Bertz CT molecular complexity index is 1330. The van der Waals surface area contributed by atoms with Crippen LogP contribution in [0.3, 0.4) is 0 Å². The Hall–Kier alpha value is -4.19. The van der Waals surface area contributed by atoms with Gasteiger partial charge in [-0.1, -0.05) is 26.2 Å². The van der Waals surface area contributed by atoms with Crippen LogP contribution in [0.5, 0.6) is 17.2 Å². The number of nitrogens with one attached hydrogen (secondary N) is 3. The van der Waals surface area contributed by atoms with E-state index in [2.05, 4.69) is 16.0 Å². The number of nitrogens with zero attached hydrogens (tertiary/aromatic N) is 2. The molecule has 0 unspecified atom stereocenters. The minimum Gasteiger partial charge on any atom is -0.487 e. The van der Waals surface area contributed by atoms with Crippen molar-refractivity contribution in [2.24, 2.45) is 5.92 Å². The molecule has 1 saturated carbocycles. The van der Waals surface area contributed by atoms with E-state index in [0.29, 0.717) is 35.2 Å². The van der Waals surface area contributed by atoms with Crippen LogP contribution in [0, 0.1) is 5.92 Å². The van der Waals surface area contributed by atoms with Crippen LogP contribution in [0.15, 0.2) is 36.4 Å². The number of hydrogen-bond acceptors (Lipinski definition) is 7. The molecule has 4 N–H and O–H groups in total. The number of likely N-dealkylation sites (N-methyl/N-ethyl adjacent to an activating group) is 1. The van der Waals surface area contributed by atoms with Gasteiger partial charge in [-0.25, -0.2) is 9.59 Å². The molecule has 12 nitrogen and oxygen atoms in total. The maximum atomic E-state index is 13.7. The number of fused-ring (bicyclic) bond motifs is 2. The summed E-state index contributed by atoms with van der Waals surface area (Å²) in [6.45, 7) is 4.21. The van der Waals surface area contributed by atoms with Gasteiger partial charge in [-0.3, -0.25) is 4.79 Å². The lowest BCUT2D eigenvalue weighted by Gasteiger charge is -2.38. The van der Waals surface area contributed by atoms with Crippen molar-refractivity contribution >= 4 is 29.3 Å². The second-order valence-corrected chi connectivity index (χ2v) is 11.6. The molecule has 0 aromatic heterocycles. The minimum atomic E-state index is -0.471. The Morgan fingerprint density at radius 3 is 2.47 bits per heavy atom. The minimum absolute atomic E-state index is 0.144. The summed E-state index contributed by atoms with van der Waals surface area (Å²) in [6.07, 6.45) is 4.84. The SMILES string of the molecule is C[C@@H]1CN([C@H](C)CO)C(=O)c2cc(NC(=O)NC3CCCCC3)ccc2O[C@H]1CN(C)C(=O)Nc1ccc2c(c1)OCO2. The number of rotatable bonds is 7.